The molecule has 1 fully saturated rings. The molecular weight excluding hydrogens is 289 g/mol. The second kappa shape index (κ2) is 9.09. The number of carbonyl (C=O) groups is 1. The van der Waals surface area contributed by atoms with Gasteiger partial charge >= 0.3 is 0 Å². The first-order valence-corrected chi connectivity index (χ1v) is 5.77. The van der Waals surface area contributed by atoms with Gasteiger partial charge in [0, 0.05) is 31.5 Å². The molecule has 5 nitrogen and oxygen atoms in total. The minimum atomic E-state index is -0.373. The Hall–Kier alpha value is -0.880. The Labute approximate surface area is 125 Å². The van der Waals surface area contributed by atoms with Crippen LogP contribution in [0.2, 0.25) is 0 Å². The zero-order valence-corrected chi connectivity index (χ0v) is 12.4. The molecule has 1 aliphatic heterocycles. The third-order valence-electron chi connectivity index (χ3n) is 2.66. The van der Waals surface area contributed by atoms with Crippen LogP contribution in [0, 0.1) is 6.92 Å². The summed E-state index contributed by atoms with van der Waals surface area (Å²) in [6, 6.07) is 3.89. The topological polar surface area (TPSA) is 63.2 Å². The highest BCUT2D eigenvalue weighted by molar-refractivity contribution is 5.85. The van der Waals surface area contributed by atoms with E-state index in [0.717, 1.165) is 17.8 Å². The minimum absolute atomic E-state index is 0. The Bertz CT molecular complexity index is 381. The van der Waals surface area contributed by atoms with E-state index in [0.29, 0.717) is 19.7 Å². The third-order valence-corrected chi connectivity index (χ3v) is 2.66. The van der Waals surface area contributed by atoms with E-state index in [1.165, 1.54) is 0 Å². The van der Waals surface area contributed by atoms with Gasteiger partial charge in [0.15, 0.2) is 0 Å². The highest BCUT2D eigenvalue weighted by Gasteiger charge is 2.20. The van der Waals surface area contributed by atoms with Crippen LogP contribution in [0.1, 0.15) is 11.3 Å². The zero-order valence-electron chi connectivity index (χ0n) is 10.7. The summed E-state index contributed by atoms with van der Waals surface area (Å²) in [5.74, 6) is -0.0715. The van der Waals surface area contributed by atoms with Gasteiger partial charge in [0.25, 0.3) is 5.91 Å². The fraction of sp³-hybridized carbons (Fsp3) is 0.500. The van der Waals surface area contributed by atoms with Crippen LogP contribution in [-0.4, -0.2) is 36.7 Å². The van der Waals surface area contributed by atoms with E-state index in [4.69, 9.17) is 4.74 Å². The lowest BCUT2D eigenvalue weighted by Crippen LogP contribution is -2.47. The lowest BCUT2D eigenvalue weighted by molar-refractivity contribution is -0.134. The fourth-order valence-corrected chi connectivity index (χ4v) is 1.64. The number of aryl methyl sites for hydroxylation is 1. The van der Waals surface area contributed by atoms with Crippen molar-refractivity contribution in [3.63, 3.8) is 0 Å². The van der Waals surface area contributed by atoms with Crippen LogP contribution < -0.4 is 10.6 Å². The van der Waals surface area contributed by atoms with Gasteiger partial charge in [-0.05, 0) is 18.6 Å². The van der Waals surface area contributed by atoms with E-state index < -0.39 is 0 Å². The van der Waals surface area contributed by atoms with Crippen LogP contribution in [0.25, 0.3) is 0 Å². The Kier molecular flexibility index (Phi) is 8.67. The Morgan fingerprint density at radius 2 is 2.32 bits per heavy atom. The highest BCUT2D eigenvalue weighted by atomic mass is 35.5. The molecule has 0 aliphatic carbocycles. The molecule has 19 heavy (non-hydrogen) atoms. The molecule has 2 rings (SSSR count). The first-order valence-electron chi connectivity index (χ1n) is 5.77. The van der Waals surface area contributed by atoms with Crippen LogP contribution in [0.15, 0.2) is 18.3 Å². The van der Waals surface area contributed by atoms with Crippen molar-refractivity contribution in [2.24, 2.45) is 0 Å². The molecule has 0 bridgehead atoms. The molecule has 1 saturated heterocycles. The number of carbonyl (C=O) groups excluding carboxylic acids is 1. The molecule has 1 aliphatic rings. The normalized spacial score (nSPS) is 17.8. The Morgan fingerprint density at radius 1 is 1.53 bits per heavy atom. The van der Waals surface area contributed by atoms with Crippen molar-refractivity contribution in [3.8, 4) is 0 Å². The largest absolute Gasteiger partial charge is 0.366 e. The molecule has 1 aromatic heterocycles. The van der Waals surface area contributed by atoms with Gasteiger partial charge in [-0.15, -0.1) is 24.8 Å². The van der Waals surface area contributed by atoms with Gasteiger partial charge in [0.05, 0.1) is 6.61 Å². The van der Waals surface area contributed by atoms with Gasteiger partial charge in [-0.2, -0.15) is 0 Å². The van der Waals surface area contributed by atoms with Crippen LogP contribution >= 0.6 is 24.8 Å². The monoisotopic (exact) mass is 307 g/mol. The number of rotatable bonds is 3. The number of nitrogens with one attached hydrogen (secondary N) is 2. The molecule has 1 aromatic rings. The van der Waals surface area contributed by atoms with Crippen molar-refractivity contribution in [2.45, 2.75) is 19.6 Å². The predicted molar refractivity (Wildman–Crippen MR) is 77.9 cm³/mol. The standard InChI is InChI=1S/C12H17N3O2.2ClH/c1-9-2-3-10(6-14-9)7-15-12(16)11-8-13-4-5-17-11;;/h2-3,6,11,13H,4-5,7-8H2,1H3,(H,15,16);2*1H. The number of hydrogen-bond acceptors (Lipinski definition) is 4. The molecule has 1 unspecified atom stereocenters. The summed E-state index contributed by atoms with van der Waals surface area (Å²) in [7, 11) is 0. The molecule has 1 amide bonds. The van der Waals surface area contributed by atoms with Crippen molar-refractivity contribution in [1.82, 2.24) is 15.6 Å². The average Bonchev–Trinajstić information content (AvgIpc) is 2.39. The smallest absolute Gasteiger partial charge is 0.250 e. The van der Waals surface area contributed by atoms with Crippen LogP contribution in [0.3, 0.4) is 0 Å². The molecular formula is C12H19Cl2N3O2. The first kappa shape index (κ1) is 18.1. The van der Waals surface area contributed by atoms with Gasteiger partial charge in [-0.3, -0.25) is 9.78 Å². The van der Waals surface area contributed by atoms with Crippen molar-refractivity contribution in [3.05, 3.63) is 29.6 Å². The summed E-state index contributed by atoms with van der Waals surface area (Å²) in [6.07, 6.45) is 1.40. The number of halogens is 2. The molecule has 0 saturated carbocycles. The molecule has 2 heterocycles. The third kappa shape index (κ3) is 5.74. The van der Waals surface area contributed by atoms with E-state index in [9.17, 15) is 4.79 Å². The number of ether oxygens (including phenoxy) is 1. The summed E-state index contributed by atoms with van der Waals surface area (Å²) in [5.41, 5.74) is 1.97. The van der Waals surface area contributed by atoms with E-state index in [1.54, 1.807) is 6.20 Å². The van der Waals surface area contributed by atoms with E-state index in [-0.39, 0.29) is 36.8 Å². The number of nitrogens with zero attached hydrogens (tertiary/aromatic N) is 1. The molecule has 108 valence electrons. The van der Waals surface area contributed by atoms with Crippen LogP contribution in [0.5, 0.6) is 0 Å². The lowest BCUT2D eigenvalue weighted by Gasteiger charge is -2.22. The summed E-state index contributed by atoms with van der Waals surface area (Å²) >= 11 is 0. The number of amides is 1. The van der Waals surface area contributed by atoms with Crippen molar-refractivity contribution < 1.29 is 9.53 Å². The van der Waals surface area contributed by atoms with E-state index in [1.807, 2.05) is 19.1 Å². The Balaban J connectivity index is 0.00000162. The zero-order chi connectivity index (χ0) is 12.1. The Morgan fingerprint density at radius 3 is 2.89 bits per heavy atom. The molecule has 0 radical (unpaired) electrons. The van der Waals surface area contributed by atoms with Gasteiger partial charge < -0.3 is 15.4 Å². The molecule has 7 heteroatoms. The molecule has 1 atom stereocenters. The average molecular weight is 308 g/mol. The van der Waals surface area contributed by atoms with Crippen LogP contribution in [0.4, 0.5) is 0 Å². The summed E-state index contributed by atoms with van der Waals surface area (Å²) in [5, 5.41) is 5.97. The quantitative estimate of drug-likeness (QED) is 0.868. The highest BCUT2D eigenvalue weighted by Crippen LogP contribution is 2.00. The maximum atomic E-state index is 11.7. The molecule has 2 N–H and O–H groups in total. The maximum absolute atomic E-state index is 11.7. The second-order valence-electron chi connectivity index (χ2n) is 4.09. The number of aromatic nitrogens is 1. The van der Waals surface area contributed by atoms with Gasteiger partial charge in [-0.1, -0.05) is 6.07 Å². The van der Waals surface area contributed by atoms with Crippen molar-refractivity contribution in [1.29, 1.82) is 0 Å². The lowest BCUT2D eigenvalue weighted by atomic mass is 10.2. The summed E-state index contributed by atoms with van der Waals surface area (Å²) < 4.78 is 5.36. The molecule has 0 spiro atoms. The maximum Gasteiger partial charge on any atom is 0.250 e. The molecule has 0 aromatic carbocycles. The van der Waals surface area contributed by atoms with Gasteiger partial charge in [-0.25, -0.2) is 0 Å². The van der Waals surface area contributed by atoms with Crippen molar-refractivity contribution >= 4 is 30.7 Å². The second-order valence-corrected chi connectivity index (χ2v) is 4.09. The predicted octanol–water partition coefficient (Wildman–Crippen LogP) is 0.838. The van der Waals surface area contributed by atoms with Gasteiger partial charge in [0.1, 0.15) is 6.10 Å². The van der Waals surface area contributed by atoms with Crippen LogP contribution in [-0.2, 0) is 16.1 Å². The number of morpholine rings is 1. The van der Waals surface area contributed by atoms with Gasteiger partial charge in [0.2, 0.25) is 0 Å². The first-order chi connectivity index (χ1) is 8.25. The minimum Gasteiger partial charge on any atom is -0.366 e. The van der Waals surface area contributed by atoms with E-state index in [2.05, 4.69) is 15.6 Å². The SMILES string of the molecule is Cc1ccc(CNC(=O)C2CNCCO2)cn1.Cl.Cl. The van der Waals surface area contributed by atoms with Crippen molar-refractivity contribution in [2.75, 3.05) is 19.7 Å². The number of hydrogen-bond donors (Lipinski definition) is 2. The van der Waals surface area contributed by atoms with E-state index >= 15 is 0 Å². The number of pyridine rings is 1. The summed E-state index contributed by atoms with van der Waals surface area (Å²) in [4.78, 5) is 15.9. The fourth-order valence-electron chi connectivity index (χ4n) is 1.64. The summed E-state index contributed by atoms with van der Waals surface area (Å²) in [6.45, 7) is 4.41.